The van der Waals surface area contributed by atoms with Crippen molar-refractivity contribution >= 4 is 27.2 Å². The molecule has 0 aromatic heterocycles. The van der Waals surface area contributed by atoms with E-state index >= 15 is 0 Å². The largest absolute Gasteiger partial charge is 0.480 e. The summed E-state index contributed by atoms with van der Waals surface area (Å²) in [6, 6.07) is 3.89. The monoisotopic (exact) mass is 371 g/mol. The van der Waals surface area contributed by atoms with Crippen molar-refractivity contribution in [1.29, 1.82) is 0 Å². The zero-order valence-corrected chi connectivity index (χ0v) is 14.8. The predicted molar refractivity (Wildman–Crippen MR) is 91.5 cm³/mol. The van der Waals surface area contributed by atoms with Crippen LogP contribution in [0.25, 0.3) is 0 Å². The third-order valence-corrected chi connectivity index (χ3v) is 5.44. The van der Waals surface area contributed by atoms with Crippen LogP contribution in [0.5, 0.6) is 0 Å². The molecule has 9 nitrogen and oxygen atoms in total. The van der Waals surface area contributed by atoms with Crippen LogP contribution in [-0.4, -0.2) is 60.7 Å². The van der Waals surface area contributed by atoms with Gasteiger partial charge in [-0.1, -0.05) is 6.92 Å². The molecule has 0 atom stereocenters. The van der Waals surface area contributed by atoms with Crippen molar-refractivity contribution in [3.8, 4) is 0 Å². The molecule has 1 aliphatic carbocycles. The number of nitrogens with one attached hydrogen (secondary N) is 1. The molecule has 0 spiro atoms. The van der Waals surface area contributed by atoms with E-state index in [1.54, 1.807) is 0 Å². The lowest BCUT2D eigenvalue weighted by Crippen LogP contribution is -2.51. The third kappa shape index (κ3) is 4.67. The van der Waals surface area contributed by atoms with E-state index in [9.17, 15) is 23.3 Å². The Morgan fingerprint density at radius 3 is 2.56 bits per heavy atom. The van der Waals surface area contributed by atoms with E-state index in [1.165, 1.54) is 12.1 Å². The molecule has 2 N–H and O–H groups in total. The van der Waals surface area contributed by atoms with Gasteiger partial charge in [0.2, 0.25) is 0 Å². The van der Waals surface area contributed by atoms with Gasteiger partial charge in [-0.05, 0) is 31.5 Å². The fourth-order valence-corrected chi connectivity index (χ4v) is 3.55. The zero-order valence-electron chi connectivity index (χ0n) is 14.0. The second-order valence-corrected chi connectivity index (χ2v) is 8.15. The van der Waals surface area contributed by atoms with Crippen LogP contribution >= 0.6 is 0 Å². The Bertz CT molecular complexity index is 773. The number of carboxylic acids is 1. The molecule has 0 bridgehead atoms. The maximum absolute atomic E-state index is 11.6. The first kappa shape index (κ1) is 19.1. The lowest BCUT2D eigenvalue weighted by Gasteiger charge is -2.42. The van der Waals surface area contributed by atoms with Crippen molar-refractivity contribution < 1.29 is 23.2 Å². The van der Waals surface area contributed by atoms with Crippen LogP contribution in [0.1, 0.15) is 19.8 Å². The summed E-state index contributed by atoms with van der Waals surface area (Å²) in [6.07, 6.45) is 2.34. The van der Waals surface area contributed by atoms with E-state index in [0.29, 0.717) is 19.4 Å². The van der Waals surface area contributed by atoms with Crippen LogP contribution in [-0.2, 0) is 14.6 Å². The number of nitro benzene ring substituents is 1. The van der Waals surface area contributed by atoms with E-state index in [0.717, 1.165) is 12.3 Å². The average molecular weight is 371 g/mol. The van der Waals surface area contributed by atoms with Gasteiger partial charge in [-0.2, -0.15) is 0 Å². The first-order chi connectivity index (χ1) is 11.6. The van der Waals surface area contributed by atoms with Gasteiger partial charge in [-0.15, -0.1) is 0 Å². The maximum Gasteiger partial charge on any atom is 0.317 e. The number of nitrogens with zero attached hydrogens (tertiary/aromatic N) is 2. The van der Waals surface area contributed by atoms with Crippen molar-refractivity contribution in [2.24, 2.45) is 0 Å². The Morgan fingerprint density at radius 2 is 2.08 bits per heavy atom. The van der Waals surface area contributed by atoms with Gasteiger partial charge < -0.3 is 10.4 Å². The van der Waals surface area contributed by atoms with Crippen LogP contribution < -0.4 is 5.32 Å². The minimum Gasteiger partial charge on any atom is -0.480 e. The van der Waals surface area contributed by atoms with E-state index in [2.05, 4.69) is 5.32 Å². The van der Waals surface area contributed by atoms with Gasteiger partial charge >= 0.3 is 5.97 Å². The number of hydrogen-bond donors (Lipinski definition) is 2. The Morgan fingerprint density at radius 1 is 1.44 bits per heavy atom. The van der Waals surface area contributed by atoms with Crippen molar-refractivity contribution in [3.05, 3.63) is 28.3 Å². The van der Waals surface area contributed by atoms with E-state index in [4.69, 9.17) is 5.11 Å². The second kappa shape index (κ2) is 7.36. The molecule has 0 heterocycles. The smallest absolute Gasteiger partial charge is 0.317 e. The van der Waals surface area contributed by atoms with Gasteiger partial charge in [0.05, 0.1) is 16.4 Å². The highest BCUT2D eigenvalue weighted by molar-refractivity contribution is 7.90. The quantitative estimate of drug-likeness (QED) is 0.517. The Labute approximate surface area is 145 Å². The fraction of sp³-hybridized carbons (Fsp3) is 0.533. The minimum absolute atomic E-state index is 0.0179. The molecule has 1 aromatic carbocycles. The predicted octanol–water partition coefficient (Wildman–Crippen LogP) is 1.35. The van der Waals surface area contributed by atoms with Gasteiger partial charge in [0.15, 0.2) is 9.84 Å². The van der Waals surface area contributed by atoms with Crippen LogP contribution in [0.3, 0.4) is 0 Å². The number of benzene rings is 1. The lowest BCUT2D eigenvalue weighted by molar-refractivity contribution is -0.384. The van der Waals surface area contributed by atoms with Crippen LogP contribution in [0, 0.1) is 10.1 Å². The van der Waals surface area contributed by atoms with E-state index in [-0.39, 0.29) is 34.9 Å². The van der Waals surface area contributed by atoms with Crippen LogP contribution in [0.15, 0.2) is 23.1 Å². The Kier molecular flexibility index (Phi) is 5.63. The Hall–Kier alpha value is -2.20. The summed E-state index contributed by atoms with van der Waals surface area (Å²) in [5.41, 5.74) is -0.0219. The van der Waals surface area contributed by atoms with Gasteiger partial charge in [-0.25, -0.2) is 8.42 Å². The number of carboxylic acid groups (broad SMARTS) is 1. The van der Waals surface area contributed by atoms with Gasteiger partial charge in [0.25, 0.3) is 5.69 Å². The molecule has 0 unspecified atom stereocenters. The zero-order chi connectivity index (χ0) is 18.8. The molecule has 1 aliphatic rings. The molecule has 10 heteroatoms. The molecular weight excluding hydrogens is 350 g/mol. The van der Waals surface area contributed by atoms with E-state index in [1.807, 2.05) is 11.8 Å². The van der Waals surface area contributed by atoms with Crippen molar-refractivity contribution in [1.82, 2.24) is 4.90 Å². The SMILES string of the molecule is CCN(CC(=O)O)C1CC(Nc2ccc(S(C)(=O)=O)cc2[N+](=O)[O-])C1. The third-order valence-electron chi connectivity index (χ3n) is 4.33. The molecule has 1 saturated carbocycles. The van der Waals surface area contributed by atoms with Gasteiger partial charge in [-0.3, -0.25) is 19.8 Å². The molecule has 0 saturated heterocycles. The lowest BCUT2D eigenvalue weighted by atomic mass is 9.85. The standard InChI is InChI=1S/C15H21N3O6S/c1-3-17(9-15(19)20)11-6-10(7-11)16-13-5-4-12(25(2,23)24)8-14(13)18(21)22/h4-5,8,10-11,16H,3,6-7,9H2,1-2H3,(H,19,20). The topological polar surface area (TPSA) is 130 Å². The molecule has 0 aliphatic heterocycles. The second-order valence-electron chi connectivity index (χ2n) is 6.13. The number of anilines is 1. The highest BCUT2D eigenvalue weighted by Crippen LogP contribution is 2.33. The van der Waals surface area contributed by atoms with Gasteiger partial charge in [0.1, 0.15) is 5.69 Å². The number of nitro groups is 1. The van der Waals surface area contributed by atoms with Crippen LogP contribution in [0.2, 0.25) is 0 Å². The summed E-state index contributed by atoms with van der Waals surface area (Å²) in [7, 11) is -3.53. The van der Waals surface area contributed by atoms with E-state index < -0.39 is 20.7 Å². The highest BCUT2D eigenvalue weighted by Gasteiger charge is 2.34. The van der Waals surface area contributed by atoms with Gasteiger partial charge in [0, 0.05) is 24.4 Å². The normalized spacial score (nSPS) is 20.1. The molecule has 138 valence electrons. The highest BCUT2D eigenvalue weighted by atomic mass is 32.2. The number of carbonyl (C=O) groups is 1. The number of sulfone groups is 1. The molecule has 0 amide bonds. The summed E-state index contributed by atoms with van der Waals surface area (Å²) in [4.78, 5) is 23.2. The van der Waals surface area contributed by atoms with Crippen molar-refractivity contribution in [2.75, 3.05) is 24.7 Å². The molecule has 2 rings (SSSR count). The number of aliphatic carboxylic acids is 1. The first-order valence-electron chi connectivity index (χ1n) is 7.82. The summed E-state index contributed by atoms with van der Waals surface area (Å²) in [5, 5.41) is 23.2. The molecule has 25 heavy (non-hydrogen) atoms. The molecule has 1 fully saturated rings. The van der Waals surface area contributed by atoms with Crippen molar-refractivity contribution in [2.45, 2.75) is 36.7 Å². The number of hydrogen-bond acceptors (Lipinski definition) is 7. The Balaban J connectivity index is 2.07. The molecule has 1 aromatic rings. The summed E-state index contributed by atoms with van der Waals surface area (Å²) >= 11 is 0. The molecule has 0 radical (unpaired) electrons. The van der Waals surface area contributed by atoms with Crippen LogP contribution in [0.4, 0.5) is 11.4 Å². The fourth-order valence-electron chi connectivity index (χ4n) is 2.91. The van der Waals surface area contributed by atoms with Crippen molar-refractivity contribution in [3.63, 3.8) is 0 Å². The number of rotatable bonds is 8. The average Bonchev–Trinajstić information content (AvgIpc) is 2.47. The first-order valence-corrected chi connectivity index (χ1v) is 9.71. The summed E-state index contributed by atoms with van der Waals surface area (Å²) in [5.74, 6) is -0.884. The minimum atomic E-state index is -3.53. The summed E-state index contributed by atoms with van der Waals surface area (Å²) < 4.78 is 23.1. The summed E-state index contributed by atoms with van der Waals surface area (Å²) in [6.45, 7) is 2.47. The maximum atomic E-state index is 11.6. The number of likely N-dealkylation sites (N-methyl/N-ethyl adjacent to an activating group) is 1. The molecular formula is C15H21N3O6S.